The molecule has 1 aromatic rings. The maximum atomic E-state index is 11.5. The van der Waals surface area contributed by atoms with Crippen LogP contribution < -0.4 is 5.32 Å². The minimum atomic E-state index is -0.287. The molecule has 0 spiro atoms. The molecule has 4 nitrogen and oxygen atoms in total. The van der Waals surface area contributed by atoms with E-state index in [1.807, 2.05) is 37.3 Å². The van der Waals surface area contributed by atoms with E-state index in [9.17, 15) is 9.59 Å². The van der Waals surface area contributed by atoms with E-state index in [0.717, 1.165) is 5.69 Å². The van der Waals surface area contributed by atoms with Crippen LogP contribution in [0.5, 0.6) is 0 Å². The maximum Gasteiger partial charge on any atom is 0.231 e. The van der Waals surface area contributed by atoms with Gasteiger partial charge in [-0.2, -0.15) is 0 Å². The second kappa shape index (κ2) is 4.35. The van der Waals surface area contributed by atoms with Crippen molar-refractivity contribution >= 4 is 17.5 Å². The number of nitrogens with zero attached hydrogens (tertiary/aromatic N) is 1. The van der Waals surface area contributed by atoms with E-state index >= 15 is 0 Å². The topological polar surface area (TPSA) is 49.4 Å². The fraction of sp³-hybridized carbons (Fsp3) is 0.333. The van der Waals surface area contributed by atoms with Crippen molar-refractivity contribution in [1.29, 1.82) is 0 Å². The molecule has 0 radical (unpaired) electrons. The first-order valence-corrected chi connectivity index (χ1v) is 5.35. The Balaban J connectivity index is 2.06. The van der Waals surface area contributed by atoms with Gasteiger partial charge in [0.1, 0.15) is 6.17 Å². The molecule has 0 unspecified atom stereocenters. The van der Waals surface area contributed by atoms with Crippen LogP contribution in [0.4, 0.5) is 5.69 Å². The molecule has 1 aliphatic heterocycles. The zero-order chi connectivity index (χ0) is 11.5. The number of imide groups is 1. The number of carbonyl (C=O) groups excluding carboxylic acids is 2. The number of amides is 2. The summed E-state index contributed by atoms with van der Waals surface area (Å²) >= 11 is 0. The Morgan fingerprint density at radius 2 is 1.69 bits per heavy atom. The van der Waals surface area contributed by atoms with E-state index in [0.29, 0.717) is 12.8 Å². The maximum absolute atomic E-state index is 11.5. The number of carbonyl (C=O) groups is 2. The molecule has 0 aliphatic carbocycles. The SMILES string of the molecule is C[C@@H](Nc1ccccc1)N1C(=O)CCC1=O. The Hall–Kier alpha value is -1.84. The zero-order valence-electron chi connectivity index (χ0n) is 9.14. The van der Waals surface area contributed by atoms with E-state index in [-0.39, 0.29) is 18.0 Å². The van der Waals surface area contributed by atoms with E-state index in [4.69, 9.17) is 0 Å². The van der Waals surface area contributed by atoms with E-state index in [1.165, 1.54) is 4.90 Å². The van der Waals surface area contributed by atoms with Crippen molar-refractivity contribution in [3.63, 3.8) is 0 Å². The van der Waals surface area contributed by atoms with Crippen LogP contribution in [-0.4, -0.2) is 22.9 Å². The molecule has 1 heterocycles. The summed E-state index contributed by atoms with van der Waals surface area (Å²) in [6.45, 7) is 1.81. The third-order valence-corrected chi connectivity index (χ3v) is 2.63. The number of nitrogens with one attached hydrogen (secondary N) is 1. The van der Waals surface area contributed by atoms with Gasteiger partial charge in [-0.15, -0.1) is 0 Å². The van der Waals surface area contributed by atoms with Gasteiger partial charge in [-0.3, -0.25) is 14.5 Å². The Morgan fingerprint density at radius 1 is 1.12 bits per heavy atom. The zero-order valence-corrected chi connectivity index (χ0v) is 9.14. The number of anilines is 1. The number of hydrogen-bond donors (Lipinski definition) is 1. The minimum Gasteiger partial charge on any atom is -0.365 e. The summed E-state index contributed by atoms with van der Waals surface area (Å²) in [5, 5.41) is 3.13. The van der Waals surface area contributed by atoms with Crippen LogP contribution in [0.1, 0.15) is 19.8 Å². The van der Waals surface area contributed by atoms with Crippen LogP contribution in [0.3, 0.4) is 0 Å². The molecule has 1 aliphatic rings. The molecule has 1 aromatic carbocycles. The quantitative estimate of drug-likeness (QED) is 0.784. The molecule has 2 amide bonds. The van der Waals surface area contributed by atoms with Gasteiger partial charge in [0.15, 0.2) is 0 Å². The van der Waals surface area contributed by atoms with Crippen LogP contribution in [-0.2, 0) is 9.59 Å². The predicted octanol–water partition coefficient (Wildman–Crippen LogP) is 1.59. The van der Waals surface area contributed by atoms with Crippen molar-refractivity contribution in [2.24, 2.45) is 0 Å². The summed E-state index contributed by atoms with van der Waals surface area (Å²) in [5.41, 5.74) is 0.905. The molecular weight excluding hydrogens is 204 g/mol. The highest BCUT2D eigenvalue weighted by atomic mass is 16.2. The monoisotopic (exact) mass is 218 g/mol. The molecule has 84 valence electrons. The van der Waals surface area contributed by atoms with Crippen LogP contribution in [0, 0.1) is 0 Å². The predicted molar refractivity (Wildman–Crippen MR) is 60.6 cm³/mol. The summed E-state index contributed by atoms with van der Waals surface area (Å²) in [6.07, 6.45) is 0.379. The Labute approximate surface area is 94.2 Å². The van der Waals surface area contributed by atoms with E-state index in [2.05, 4.69) is 5.32 Å². The van der Waals surface area contributed by atoms with Crippen molar-refractivity contribution in [3.05, 3.63) is 30.3 Å². The molecule has 4 heteroatoms. The highest BCUT2D eigenvalue weighted by Crippen LogP contribution is 2.17. The lowest BCUT2D eigenvalue weighted by molar-refractivity contribution is -0.140. The molecule has 0 aromatic heterocycles. The van der Waals surface area contributed by atoms with E-state index in [1.54, 1.807) is 0 Å². The molecule has 0 saturated carbocycles. The smallest absolute Gasteiger partial charge is 0.231 e. The molecule has 1 fully saturated rings. The summed E-state index contributed by atoms with van der Waals surface area (Å²) in [5.74, 6) is -0.193. The van der Waals surface area contributed by atoms with Gasteiger partial charge in [0.05, 0.1) is 0 Å². The lowest BCUT2D eigenvalue weighted by Gasteiger charge is -2.24. The van der Waals surface area contributed by atoms with E-state index < -0.39 is 0 Å². The Kier molecular flexibility index (Phi) is 2.90. The van der Waals surface area contributed by atoms with Gasteiger partial charge in [0, 0.05) is 18.5 Å². The molecular formula is C12H14N2O2. The van der Waals surface area contributed by atoms with Crippen LogP contribution in [0.25, 0.3) is 0 Å². The normalized spacial score (nSPS) is 17.7. The fourth-order valence-electron chi connectivity index (χ4n) is 1.87. The second-order valence-electron chi connectivity index (χ2n) is 3.84. The highest BCUT2D eigenvalue weighted by molar-refractivity contribution is 6.02. The number of likely N-dealkylation sites (tertiary alicyclic amines) is 1. The fourth-order valence-corrected chi connectivity index (χ4v) is 1.87. The summed E-state index contributed by atoms with van der Waals surface area (Å²) < 4.78 is 0. The van der Waals surface area contributed by atoms with Gasteiger partial charge in [0.2, 0.25) is 11.8 Å². The first-order chi connectivity index (χ1) is 7.68. The molecule has 1 atom stereocenters. The van der Waals surface area contributed by atoms with Crippen LogP contribution in [0.2, 0.25) is 0 Å². The van der Waals surface area contributed by atoms with Crippen LogP contribution in [0.15, 0.2) is 30.3 Å². The molecule has 2 rings (SSSR count). The standard InChI is InChI=1S/C12H14N2O2/c1-9(13-10-5-3-2-4-6-10)14-11(15)7-8-12(14)16/h2-6,9,13H,7-8H2,1H3/t9-/m0/s1. The third kappa shape index (κ3) is 2.05. The average Bonchev–Trinajstić information content (AvgIpc) is 2.60. The van der Waals surface area contributed by atoms with Gasteiger partial charge in [-0.1, -0.05) is 18.2 Å². The average molecular weight is 218 g/mol. The summed E-state index contributed by atoms with van der Waals surface area (Å²) in [4.78, 5) is 24.3. The molecule has 0 bridgehead atoms. The van der Waals surface area contributed by atoms with Gasteiger partial charge in [-0.25, -0.2) is 0 Å². The van der Waals surface area contributed by atoms with Gasteiger partial charge in [0.25, 0.3) is 0 Å². The van der Waals surface area contributed by atoms with Crippen molar-refractivity contribution in [1.82, 2.24) is 4.90 Å². The first kappa shape index (κ1) is 10.7. The lowest BCUT2D eigenvalue weighted by Crippen LogP contribution is -2.42. The summed E-state index contributed by atoms with van der Waals surface area (Å²) in [7, 11) is 0. The molecule has 16 heavy (non-hydrogen) atoms. The number of hydrogen-bond acceptors (Lipinski definition) is 3. The van der Waals surface area contributed by atoms with Crippen molar-refractivity contribution < 1.29 is 9.59 Å². The molecule has 1 N–H and O–H groups in total. The summed E-state index contributed by atoms with van der Waals surface area (Å²) in [6, 6.07) is 9.54. The third-order valence-electron chi connectivity index (χ3n) is 2.63. The van der Waals surface area contributed by atoms with Gasteiger partial charge in [-0.05, 0) is 19.1 Å². The Bertz CT molecular complexity index is 387. The van der Waals surface area contributed by atoms with Crippen molar-refractivity contribution in [2.45, 2.75) is 25.9 Å². The number of benzene rings is 1. The first-order valence-electron chi connectivity index (χ1n) is 5.35. The van der Waals surface area contributed by atoms with Crippen molar-refractivity contribution in [3.8, 4) is 0 Å². The minimum absolute atomic E-state index is 0.0964. The van der Waals surface area contributed by atoms with Gasteiger partial charge >= 0.3 is 0 Å². The van der Waals surface area contributed by atoms with Crippen LogP contribution >= 0.6 is 0 Å². The van der Waals surface area contributed by atoms with Crippen molar-refractivity contribution in [2.75, 3.05) is 5.32 Å². The second-order valence-corrected chi connectivity index (χ2v) is 3.84. The lowest BCUT2D eigenvalue weighted by atomic mass is 10.3. The largest absolute Gasteiger partial charge is 0.365 e. The molecule has 1 saturated heterocycles. The highest BCUT2D eigenvalue weighted by Gasteiger charge is 2.32. The number of para-hydroxylation sites is 1. The number of rotatable bonds is 3. The van der Waals surface area contributed by atoms with Gasteiger partial charge < -0.3 is 5.32 Å². The Morgan fingerprint density at radius 3 is 2.25 bits per heavy atom.